The number of halogens is 3. The molecule has 0 aliphatic carbocycles. The Bertz CT molecular complexity index is 662. The van der Waals surface area contributed by atoms with E-state index in [1.165, 1.54) is 0 Å². The Morgan fingerprint density at radius 3 is 2.48 bits per heavy atom. The Kier molecular flexibility index (Phi) is 7.49. The van der Waals surface area contributed by atoms with Crippen molar-refractivity contribution in [2.75, 3.05) is 7.05 Å². The highest BCUT2D eigenvalue weighted by atomic mass is 127. The molecule has 25 heavy (non-hydrogen) atoms. The van der Waals surface area contributed by atoms with Crippen molar-refractivity contribution in [2.45, 2.75) is 70.6 Å². The number of carbonyl (C=O) groups excluding carboxylic acids is 1. The second-order valence-corrected chi connectivity index (χ2v) is 11.3. The molecule has 140 valence electrons. The predicted octanol–water partition coefficient (Wildman–Crippen LogP) is 6.09. The van der Waals surface area contributed by atoms with Gasteiger partial charge in [-0.15, -0.1) is 0 Å². The van der Waals surface area contributed by atoms with E-state index < -0.39 is 0 Å². The molecule has 1 fully saturated rings. The van der Waals surface area contributed by atoms with E-state index in [2.05, 4.69) is 113 Å². The van der Waals surface area contributed by atoms with Crippen molar-refractivity contribution < 1.29 is 9.53 Å². The predicted molar refractivity (Wildman–Crippen MR) is 128 cm³/mol. The lowest BCUT2D eigenvalue weighted by Gasteiger charge is -2.54. The van der Waals surface area contributed by atoms with E-state index in [0.29, 0.717) is 5.56 Å². The standard InChI is InChI=1S/C19H26I3NO2/c1-6-7-19(4)11-13(10-18(2,3)23(19)5)25-17(24)14-8-12(20)9-15(21)16(14)22/h8-9,13H,6-7,10-11H2,1-5H3. The molecule has 0 saturated carbocycles. The van der Waals surface area contributed by atoms with Crippen LogP contribution >= 0.6 is 67.8 Å². The Hall–Kier alpha value is 0.840. The summed E-state index contributed by atoms with van der Waals surface area (Å²) < 4.78 is 9.15. The number of carbonyl (C=O) groups is 1. The van der Waals surface area contributed by atoms with Crippen molar-refractivity contribution in [3.8, 4) is 0 Å². The number of hydrogen-bond donors (Lipinski definition) is 0. The highest BCUT2D eigenvalue weighted by molar-refractivity contribution is 14.1. The summed E-state index contributed by atoms with van der Waals surface area (Å²) in [7, 11) is 2.21. The van der Waals surface area contributed by atoms with Gasteiger partial charge in [-0.05, 0) is 114 Å². The molecule has 1 aliphatic rings. The molecule has 2 atom stereocenters. The third-order valence-electron chi connectivity index (χ3n) is 5.39. The minimum absolute atomic E-state index is 0.0137. The first-order valence-corrected chi connectivity index (χ1v) is 11.8. The minimum atomic E-state index is -0.190. The van der Waals surface area contributed by atoms with E-state index in [4.69, 9.17) is 4.74 Å². The molecule has 1 saturated heterocycles. The quantitative estimate of drug-likeness (QED) is 0.219. The van der Waals surface area contributed by atoms with E-state index >= 15 is 0 Å². The normalized spacial score (nSPS) is 26.5. The topological polar surface area (TPSA) is 29.5 Å². The first kappa shape index (κ1) is 22.1. The number of likely N-dealkylation sites (tertiary alicyclic amines) is 1. The summed E-state index contributed by atoms with van der Waals surface area (Å²) in [6.07, 6.45) is 3.96. The van der Waals surface area contributed by atoms with Gasteiger partial charge in [0.25, 0.3) is 0 Å². The van der Waals surface area contributed by atoms with Gasteiger partial charge in [0.05, 0.1) is 5.56 Å². The fourth-order valence-electron chi connectivity index (χ4n) is 3.94. The van der Waals surface area contributed by atoms with Crippen LogP contribution in [0.5, 0.6) is 0 Å². The molecule has 0 aromatic heterocycles. The van der Waals surface area contributed by atoms with Gasteiger partial charge in [-0.25, -0.2) is 4.79 Å². The number of hydrogen-bond acceptors (Lipinski definition) is 3. The van der Waals surface area contributed by atoms with E-state index in [9.17, 15) is 4.79 Å². The summed E-state index contributed by atoms with van der Waals surface area (Å²) >= 11 is 6.77. The number of rotatable bonds is 4. The zero-order chi connectivity index (χ0) is 19.0. The van der Waals surface area contributed by atoms with Crippen molar-refractivity contribution in [3.63, 3.8) is 0 Å². The van der Waals surface area contributed by atoms with Gasteiger partial charge < -0.3 is 4.74 Å². The van der Waals surface area contributed by atoms with E-state index in [0.717, 1.165) is 36.4 Å². The van der Waals surface area contributed by atoms with E-state index in [1.807, 2.05) is 6.07 Å². The molecule has 2 unspecified atom stereocenters. The number of piperidine rings is 1. The van der Waals surface area contributed by atoms with Gasteiger partial charge in [0.1, 0.15) is 6.10 Å². The molecule has 1 aromatic rings. The second kappa shape index (κ2) is 8.46. The van der Waals surface area contributed by atoms with Gasteiger partial charge >= 0.3 is 5.97 Å². The van der Waals surface area contributed by atoms with Gasteiger partial charge in [0.15, 0.2) is 0 Å². The first-order chi connectivity index (χ1) is 11.5. The van der Waals surface area contributed by atoms with Gasteiger partial charge in [0.2, 0.25) is 0 Å². The van der Waals surface area contributed by atoms with E-state index in [1.54, 1.807) is 0 Å². The highest BCUT2D eigenvalue weighted by Crippen LogP contribution is 2.41. The number of nitrogens with zero attached hydrogens (tertiary/aromatic N) is 1. The molecular formula is C19H26I3NO2. The van der Waals surface area contributed by atoms with E-state index in [-0.39, 0.29) is 23.2 Å². The lowest BCUT2D eigenvalue weighted by molar-refractivity contribution is -0.0834. The smallest absolute Gasteiger partial charge is 0.339 e. The number of esters is 1. The highest BCUT2D eigenvalue weighted by Gasteiger charge is 2.46. The van der Waals surface area contributed by atoms with Crippen molar-refractivity contribution >= 4 is 73.7 Å². The molecule has 2 rings (SSSR count). The maximum Gasteiger partial charge on any atom is 0.339 e. The maximum atomic E-state index is 12.9. The molecule has 3 nitrogen and oxygen atoms in total. The average molecular weight is 681 g/mol. The molecule has 1 aliphatic heterocycles. The average Bonchev–Trinajstić information content (AvgIpc) is 2.48. The lowest BCUT2D eigenvalue weighted by Crippen LogP contribution is -2.61. The van der Waals surface area contributed by atoms with Crippen LogP contribution in [0.1, 0.15) is 63.7 Å². The summed E-state index contributed by atoms with van der Waals surface area (Å²) in [6, 6.07) is 4.01. The van der Waals surface area contributed by atoms with Crippen LogP contribution in [0.2, 0.25) is 0 Å². The fraction of sp³-hybridized carbons (Fsp3) is 0.632. The number of ether oxygens (including phenoxy) is 1. The van der Waals surface area contributed by atoms with Crippen LogP contribution in [0.3, 0.4) is 0 Å². The van der Waals surface area contributed by atoms with Gasteiger partial charge in [0, 0.05) is 34.6 Å². The molecule has 0 spiro atoms. The van der Waals surface area contributed by atoms with Crippen molar-refractivity contribution in [1.82, 2.24) is 4.90 Å². The first-order valence-electron chi connectivity index (χ1n) is 8.59. The maximum absolute atomic E-state index is 12.9. The largest absolute Gasteiger partial charge is 0.459 e. The van der Waals surface area contributed by atoms with Crippen molar-refractivity contribution in [3.05, 3.63) is 28.4 Å². The molecule has 1 aromatic carbocycles. The van der Waals surface area contributed by atoms with Gasteiger partial charge in [-0.3, -0.25) is 4.90 Å². The molecular weight excluding hydrogens is 655 g/mol. The Morgan fingerprint density at radius 2 is 1.88 bits per heavy atom. The zero-order valence-corrected chi connectivity index (χ0v) is 21.9. The van der Waals surface area contributed by atoms with Crippen LogP contribution < -0.4 is 0 Å². The second-order valence-electron chi connectivity index (χ2n) is 7.80. The van der Waals surface area contributed by atoms with Crippen LogP contribution in [0.4, 0.5) is 0 Å². The molecule has 0 radical (unpaired) electrons. The third kappa shape index (κ3) is 5.01. The molecule has 0 bridgehead atoms. The Balaban J connectivity index is 2.23. The summed E-state index contributed by atoms with van der Waals surface area (Å²) in [5.41, 5.74) is 0.763. The Morgan fingerprint density at radius 1 is 1.24 bits per heavy atom. The van der Waals surface area contributed by atoms with Crippen LogP contribution in [-0.4, -0.2) is 35.1 Å². The van der Waals surface area contributed by atoms with Crippen LogP contribution in [0.15, 0.2) is 12.1 Å². The minimum Gasteiger partial charge on any atom is -0.459 e. The summed E-state index contributed by atoms with van der Waals surface area (Å²) in [6.45, 7) is 9.02. The molecule has 1 heterocycles. The third-order valence-corrected chi connectivity index (χ3v) is 9.06. The molecule has 6 heteroatoms. The molecule has 0 amide bonds. The van der Waals surface area contributed by atoms with Crippen LogP contribution in [-0.2, 0) is 4.74 Å². The zero-order valence-electron chi connectivity index (χ0n) is 15.5. The number of benzene rings is 1. The van der Waals surface area contributed by atoms with Crippen LogP contribution in [0.25, 0.3) is 0 Å². The summed E-state index contributed by atoms with van der Waals surface area (Å²) in [5.74, 6) is -0.190. The summed E-state index contributed by atoms with van der Waals surface area (Å²) in [4.78, 5) is 15.3. The van der Waals surface area contributed by atoms with Crippen molar-refractivity contribution in [1.29, 1.82) is 0 Å². The van der Waals surface area contributed by atoms with Crippen molar-refractivity contribution in [2.24, 2.45) is 0 Å². The van der Waals surface area contributed by atoms with Gasteiger partial charge in [-0.2, -0.15) is 0 Å². The fourth-order valence-corrected chi connectivity index (χ4v) is 6.31. The SMILES string of the molecule is CCCC1(C)CC(OC(=O)c2cc(I)cc(I)c2I)CC(C)(C)N1C. The summed E-state index contributed by atoms with van der Waals surface area (Å²) in [5, 5.41) is 0. The lowest BCUT2D eigenvalue weighted by atomic mass is 9.75. The Labute approximate surface area is 192 Å². The van der Waals surface area contributed by atoms with Crippen LogP contribution in [0, 0.1) is 10.7 Å². The van der Waals surface area contributed by atoms with Gasteiger partial charge in [-0.1, -0.05) is 13.3 Å². The monoisotopic (exact) mass is 681 g/mol. The molecule has 0 N–H and O–H groups in total.